The minimum absolute atomic E-state index is 0.320. The molecule has 2 unspecified atom stereocenters. The lowest BCUT2D eigenvalue weighted by atomic mass is 9.97. The molecule has 0 aliphatic carbocycles. The third-order valence-electron chi connectivity index (χ3n) is 4.48. The van der Waals surface area contributed by atoms with Gasteiger partial charge in [-0.1, -0.05) is 6.42 Å². The molecule has 1 aromatic carbocycles. The van der Waals surface area contributed by atoms with Crippen LogP contribution in [0.15, 0.2) is 24.3 Å². The summed E-state index contributed by atoms with van der Waals surface area (Å²) in [6, 6.07) is 8.47. The molecule has 0 N–H and O–H groups in total. The van der Waals surface area contributed by atoms with Crippen LogP contribution in [0.3, 0.4) is 0 Å². The maximum atomic E-state index is 11.4. The lowest BCUT2D eigenvalue weighted by Gasteiger charge is -2.39. The number of rotatable bonds is 6. The van der Waals surface area contributed by atoms with E-state index in [4.69, 9.17) is 4.74 Å². The molecule has 22 heavy (non-hydrogen) atoms. The van der Waals surface area contributed by atoms with Gasteiger partial charge in [-0.05, 0) is 57.4 Å². The van der Waals surface area contributed by atoms with Crippen molar-refractivity contribution in [2.24, 2.45) is 0 Å². The van der Waals surface area contributed by atoms with Gasteiger partial charge < -0.3 is 9.47 Å². The van der Waals surface area contributed by atoms with E-state index in [0.29, 0.717) is 24.3 Å². The molecule has 4 nitrogen and oxygen atoms in total. The minimum atomic E-state index is -0.320. The number of ether oxygens (including phenoxy) is 2. The summed E-state index contributed by atoms with van der Waals surface area (Å²) in [5.41, 5.74) is 0.547. The number of methoxy groups -OCH3 is 1. The molecular formula is C18H27NO3. The van der Waals surface area contributed by atoms with Gasteiger partial charge in [0.25, 0.3) is 0 Å². The highest BCUT2D eigenvalue weighted by atomic mass is 16.5. The van der Waals surface area contributed by atoms with Gasteiger partial charge in [-0.15, -0.1) is 0 Å². The SMILES string of the molecule is COC(=O)c1ccc(OCCCN2C(C)CCCC2C)cc1. The fraction of sp³-hybridized carbons (Fsp3) is 0.611. The summed E-state index contributed by atoms with van der Waals surface area (Å²) < 4.78 is 10.4. The van der Waals surface area contributed by atoms with Crippen LogP contribution in [-0.2, 0) is 4.74 Å². The molecule has 2 atom stereocenters. The van der Waals surface area contributed by atoms with Crippen molar-refractivity contribution in [1.29, 1.82) is 0 Å². The molecule has 0 bridgehead atoms. The Hall–Kier alpha value is -1.55. The van der Waals surface area contributed by atoms with E-state index in [9.17, 15) is 4.79 Å². The predicted octanol–water partition coefficient (Wildman–Crippen LogP) is 3.51. The van der Waals surface area contributed by atoms with Gasteiger partial charge in [0.2, 0.25) is 0 Å². The smallest absolute Gasteiger partial charge is 0.337 e. The molecule has 0 amide bonds. The number of hydrogen-bond donors (Lipinski definition) is 0. The highest BCUT2D eigenvalue weighted by molar-refractivity contribution is 5.89. The summed E-state index contributed by atoms with van der Waals surface area (Å²) >= 11 is 0. The highest BCUT2D eigenvalue weighted by Crippen LogP contribution is 2.22. The van der Waals surface area contributed by atoms with Crippen LogP contribution in [-0.4, -0.2) is 43.2 Å². The van der Waals surface area contributed by atoms with Gasteiger partial charge in [-0.25, -0.2) is 4.79 Å². The summed E-state index contributed by atoms with van der Waals surface area (Å²) in [7, 11) is 1.38. The second kappa shape index (κ2) is 8.18. The third-order valence-corrected chi connectivity index (χ3v) is 4.48. The van der Waals surface area contributed by atoms with Gasteiger partial charge in [0.05, 0.1) is 19.3 Å². The van der Waals surface area contributed by atoms with Crippen LogP contribution in [0.4, 0.5) is 0 Å². The fourth-order valence-electron chi connectivity index (χ4n) is 3.16. The number of nitrogens with zero attached hydrogens (tertiary/aromatic N) is 1. The Balaban J connectivity index is 1.73. The van der Waals surface area contributed by atoms with Crippen LogP contribution < -0.4 is 4.74 Å². The van der Waals surface area contributed by atoms with Crippen molar-refractivity contribution in [2.75, 3.05) is 20.3 Å². The Morgan fingerprint density at radius 3 is 2.41 bits per heavy atom. The summed E-state index contributed by atoms with van der Waals surface area (Å²) in [4.78, 5) is 13.9. The largest absolute Gasteiger partial charge is 0.494 e. The Bertz CT molecular complexity index is 462. The number of carbonyl (C=O) groups excluding carboxylic acids is 1. The Morgan fingerprint density at radius 2 is 1.82 bits per heavy atom. The molecule has 1 fully saturated rings. The van der Waals surface area contributed by atoms with Crippen LogP contribution in [0, 0.1) is 0 Å². The van der Waals surface area contributed by atoms with E-state index in [2.05, 4.69) is 23.5 Å². The molecule has 1 saturated heterocycles. The first kappa shape index (κ1) is 16.8. The van der Waals surface area contributed by atoms with Crippen molar-refractivity contribution in [3.8, 4) is 5.75 Å². The van der Waals surface area contributed by atoms with Crippen LogP contribution in [0.1, 0.15) is 49.9 Å². The van der Waals surface area contributed by atoms with E-state index >= 15 is 0 Å². The quantitative estimate of drug-likeness (QED) is 0.595. The van der Waals surface area contributed by atoms with E-state index < -0.39 is 0 Å². The molecule has 1 aliphatic heterocycles. The molecule has 1 heterocycles. The van der Waals surface area contributed by atoms with Gasteiger partial charge in [0, 0.05) is 18.6 Å². The maximum absolute atomic E-state index is 11.4. The first-order valence-electron chi connectivity index (χ1n) is 8.18. The first-order valence-corrected chi connectivity index (χ1v) is 8.18. The average Bonchev–Trinajstić information content (AvgIpc) is 2.53. The molecule has 1 aromatic rings. The van der Waals surface area contributed by atoms with Gasteiger partial charge in [-0.2, -0.15) is 0 Å². The number of piperidine rings is 1. The number of carbonyl (C=O) groups is 1. The van der Waals surface area contributed by atoms with Crippen LogP contribution >= 0.6 is 0 Å². The first-order chi connectivity index (χ1) is 10.6. The van der Waals surface area contributed by atoms with Crippen LogP contribution in [0.5, 0.6) is 5.75 Å². The van der Waals surface area contributed by atoms with Gasteiger partial charge in [-0.3, -0.25) is 4.90 Å². The van der Waals surface area contributed by atoms with E-state index in [1.54, 1.807) is 12.1 Å². The molecule has 0 radical (unpaired) electrons. The molecule has 0 spiro atoms. The van der Waals surface area contributed by atoms with Crippen molar-refractivity contribution in [2.45, 2.75) is 51.6 Å². The average molecular weight is 305 g/mol. The van der Waals surface area contributed by atoms with Crippen LogP contribution in [0.2, 0.25) is 0 Å². The lowest BCUT2D eigenvalue weighted by Crippen LogP contribution is -2.44. The highest BCUT2D eigenvalue weighted by Gasteiger charge is 2.23. The minimum Gasteiger partial charge on any atom is -0.494 e. The summed E-state index contributed by atoms with van der Waals surface area (Å²) in [5, 5.41) is 0. The third kappa shape index (κ3) is 4.47. The zero-order valence-corrected chi connectivity index (χ0v) is 13.9. The monoisotopic (exact) mass is 305 g/mol. The molecule has 1 aliphatic rings. The van der Waals surface area contributed by atoms with Crippen molar-refractivity contribution in [3.63, 3.8) is 0 Å². The number of hydrogen-bond acceptors (Lipinski definition) is 4. The second-order valence-electron chi connectivity index (χ2n) is 6.08. The van der Waals surface area contributed by atoms with E-state index in [0.717, 1.165) is 18.7 Å². The molecular weight excluding hydrogens is 278 g/mol. The van der Waals surface area contributed by atoms with Crippen LogP contribution in [0.25, 0.3) is 0 Å². The molecule has 2 rings (SSSR count). The summed E-state index contributed by atoms with van der Waals surface area (Å²) in [6.07, 6.45) is 4.98. The van der Waals surface area contributed by atoms with Gasteiger partial charge in [0.1, 0.15) is 5.75 Å². The van der Waals surface area contributed by atoms with E-state index in [-0.39, 0.29) is 5.97 Å². The normalized spacial score (nSPS) is 22.3. The maximum Gasteiger partial charge on any atom is 0.337 e. The van der Waals surface area contributed by atoms with Crippen molar-refractivity contribution in [1.82, 2.24) is 4.90 Å². The predicted molar refractivity (Wildman–Crippen MR) is 87.4 cm³/mol. The van der Waals surface area contributed by atoms with Crippen molar-refractivity contribution in [3.05, 3.63) is 29.8 Å². The second-order valence-corrected chi connectivity index (χ2v) is 6.08. The van der Waals surface area contributed by atoms with Gasteiger partial charge in [0.15, 0.2) is 0 Å². The van der Waals surface area contributed by atoms with E-state index in [1.807, 2.05) is 12.1 Å². The summed E-state index contributed by atoms with van der Waals surface area (Å²) in [5.74, 6) is 0.479. The zero-order valence-electron chi connectivity index (χ0n) is 13.9. The fourth-order valence-corrected chi connectivity index (χ4v) is 3.16. The topological polar surface area (TPSA) is 38.8 Å². The van der Waals surface area contributed by atoms with Crippen molar-refractivity contribution < 1.29 is 14.3 Å². The molecule has 0 saturated carbocycles. The zero-order chi connectivity index (χ0) is 15.9. The number of benzene rings is 1. The van der Waals surface area contributed by atoms with Gasteiger partial charge >= 0.3 is 5.97 Å². The molecule has 122 valence electrons. The number of esters is 1. The van der Waals surface area contributed by atoms with Crippen molar-refractivity contribution >= 4 is 5.97 Å². The Labute approximate surface area is 133 Å². The lowest BCUT2D eigenvalue weighted by molar-refractivity contribution is 0.0600. The summed E-state index contributed by atoms with van der Waals surface area (Å²) in [6.45, 7) is 6.43. The standard InChI is InChI=1S/C18H27NO3/c1-14-6-4-7-15(2)19(14)12-5-13-22-17-10-8-16(9-11-17)18(20)21-3/h8-11,14-15H,4-7,12-13H2,1-3H3. The Morgan fingerprint density at radius 1 is 1.18 bits per heavy atom. The number of likely N-dealkylation sites (tertiary alicyclic amines) is 1. The van der Waals surface area contributed by atoms with E-state index in [1.165, 1.54) is 26.4 Å². The molecule has 0 aromatic heterocycles. The Kier molecular flexibility index (Phi) is 6.25. The molecule has 4 heteroatoms.